The van der Waals surface area contributed by atoms with E-state index in [4.69, 9.17) is 9.78 Å². The first-order valence-electron chi connectivity index (χ1n) is 5.74. The molecule has 0 radical (unpaired) electrons. The fourth-order valence-corrected chi connectivity index (χ4v) is 2.13. The number of rotatable bonds is 3. The Balaban J connectivity index is 1.96. The van der Waals surface area contributed by atoms with Crippen molar-refractivity contribution in [3.05, 3.63) is 36.2 Å². The summed E-state index contributed by atoms with van der Waals surface area (Å²) in [5, 5.41) is 19.2. The van der Waals surface area contributed by atoms with E-state index in [1.807, 2.05) is 36.6 Å². The van der Waals surface area contributed by atoms with Crippen molar-refractivity contribution in [2.75, 3.05) is 6.26 Å². The molecule has 7 heteroatoms. The molecular formula is C13H9N5OS. The maximum absolute atomic E-state index is 8.94. The molecule has 0 aliphatic rings. The summed E-state index contributed by atoms with van der Waals surface area (Å²) in [4.78, 5) is 5.46. The molecular weight excluding hydrogens is 274 g/mol. The molecule has 20 heavy (non-hydrogen) atoms. The SMILES string of the molecule is CSc1ccc(-c2noc(-c3cn[nH]c3C#N)n2)cc1. The van der Waals surface area contributed by atoms with E-state index in [9.17, 15) is 0 Å². The average molecular weight is 283 g/mol. The van der Waals surface area contributed by atoms with E-state index in [1.54, 1.807) is 11.8 Å². The Labute approximate surface area is 118 Å². The molecule has 3 aromatic rings. The summed E-state index contributed by atoms with van der Waals surface area (Å²) in [6, 6.07) is 9.84. The molecule has 0 unspecified atom stereocenters. The highest BCUT2D eigenvalue weighted by atomic mass is 32.2. The van der Waals surface area contributed by atoms with E-state index in [0.29, 0.717) is 17.1 Å². The van der Waals surface area contributed by atoms with E-state index in [1.165, 1.54) is 11.1 Å². The monoisotopic (exact) mass is 283 g/mol. The van der Waals surface area contributed by atoms with Crippen LogP contribution in [0, 0.1) is 11.3 Å². The summed E-state index contributed by atoms with van der Waals surface area (Å²) in [6.07, 6.45) is 3.51. The topological polar surface area (TPSA) is 91.4 Å². The maximum Gasteiger partial charge on any atom is 0.262 e. The Morgan fingerprint density at radius 3 is 2.80 bits per heavy atom. The van der Waals surface area contributed by atoms with Crippen LogP contribution in [-0.4, -0.2) is 26.6 Å². The first kappa shape index (κ1) is 12.4. The second kappa shape index (κ2) is 5.19. The van der Waals surface area contributed by atoms with Gasteiger partial charge in [-0.05, 0) is 30.5 Å². The number of aromatic nitrogens is 4. The van der Waals surface area contributed by atoms with E-state index >= 15 is 0 Å². The van der Waals surface area contributed by atoms with Gasteiger partial charge in [-0.1, -0.05) is 5.16 Å². The molecule has 98 valence electrons. The minimum absolute atomic E-state index is 0.277. The molecule has 1 aromatic carbocycles. The van der Waals surface area contributed by atoms with Crippen LogP contribution in [0.3, 0.4) is 0 Å². The third-order valence-electron chi connectivity index (χ3n) is 2.76. The lowest BCUT2D eigenvalue weighted by Gasteiger charge is -1.96. The zero-order valence-corrected chi connectivity index (χ0v) is 11.3. The van der Waals surface area contributed by atoms with Gasteiger partial charge in [-0.15, -0.1) is 11.8 Å². The van der Waals surface area contributed by atoms with Gasteiger partial charge in [0.15, 0.2) is 0 Å². The Kier molecular flexibility index (Phi) is 3.23. The van der Waals surface area contributed by atoms with Gasteiger partial charge in [0.1, 0.15) is 11.8 Å². The third kappa shape index (κ3) is 2.17. The fraction of sp³-hybridized carbons (Fsp3) is 0.0769. The number of H-pyrrole nitrogens is 1. The van der Waals surface area contributed by atoms with Crippen LogP contribution >= 0.6 is 11.8 Å². The van der Waals surface area contributed by atoms with Gasteiger partial charge in [0.05, 0.1) is 11.8 Å². The van der Waals surface area contributed by atoms with Crippen LogP contribution < -0.4 is 0 Å². The van der Waals surface area contributed by atoms with Crippen molar-refractivity contribution in [1.29, 1.82) is 5.26 Å². The molecule has 0 aliphatic heterocycles. The highest BCUT2D eigenvalue weighted by Crippen LogP contribution is 2.25. The second-order valence-corrected chi connectivity index (χ2v) is 4.80. The van der Waals surface area contributed by atoms with Crippen molar-refractivity contribution in [2.45, 2.75) is 4.90 Å². The summed E-state index contributed by atoms with van der Waals surface area (Å²) < 4.78 is 5.19. The molecule has 0 saturated carbocycles. The number of benzene rings is 1. The van der Waals surface area contributed by atoms with E-state index in [0.717, 1.165) is 5.56 Å². The van der Waals surface area contributed by atoms with Crippen LogP contribution in [0.5, 0.6) is 0 Å². The first-order valence-corrected chi connectivity index (χ1v) is 6.96. The molecule has 0 saturated heterocycles. The van der Waals surface area contributed by atoms with Crippen molar-refractivity contribution in [1.82, 2.24) is 20.3 Å². The zero-order chi connectivity index (χ0) is 13.9. The maximum atomic E-state index is 8.94. The quantitative estimate of drug-likeness (QED) is 0.743. The van der Waals surface area contributed by atoms with Crippen LogP contribution in [0.25, 0.3) is 22.8 Å². The summed E-state index contributed by atoms with van der Waals surface area (Å²) >= 11 is 1.67. The van der Waals surface area contributed by atoms with E-state index in [-0.39, 0.29) is 5.89 Å². The lowest BCUT2D eigenvalue weighted by molar-refractivity contribution is 0.432. The number of nitriles is 1. The Morgan fingerprint density at radius 1 is 1.30 bits per heavy atom. The Morgan fingerprint density at radius 2 is 2.10 bits per heavy atom. The molecule has 0 atom stereocenters. The number of nitrogens with zero attached hydrogens (tertiary/aromatic N) is 4. The number of nitrogens with one attached hydrogen (secondary N) is 1. The van der Waals surface area contributed by atoms with Crippen LogP contribution in [-0.2, 0) is 0 Å². The highest BCUT2D eigenvalue weighted by molar-refractivity contribution is 7.98. The van der Waals surface area contributed by atoms with Crippen molar-refractivity contribution >= 4 is 11.8 Å². The number of aromatic amines is 1. The van der Waals surface area contributed by atoms with Gasteiger partial charge >= 0.3 is 0 Å². The van der Waals surface area contributed by atoms with Gasteiger partial charge < -0.3 is 4.52 Å². The summed E-state index contributed by atoms with van der Waals surface area (Å²) in [7, 11) is 0. The smallest absolute Gasteiger partial charge is 0.262 e. The van der Waals surface area contributed by atoms with Gasteiger partial charge in [-0.2, -0.15) is 15.3 Å². The van der Waals surface area contributed by atoms with Crippen LogP contribution in [0.1, 0.15) is 5.69 Å². The number of thioether (sulfide) groups is 1. The highest BCUT2D eigenvalue weighted by Gasteiger charge is 2.15. The summed E-state index contributed by atoms with van der Waals surface area (Å²) in [5.74, 6) is 0.761. The van der Waals surface area contributed by atoms with Crippen LogP contribution in [0.15, 0.2) is 39.9 Å². The molecule has 1 N–H and O–H groups in total. The Bertz CT molecular complexity index is 769. The largest absolute Gasteiger partial charge is 0.333 e. The van der Waals surface area contributed by atoms with Crippen molar-refractivity contribution in [2.24, 2.45) is 0 Å². The predicted molar refractivity (Wildman–Crippen MR) is 73.8 cm³/mol. The minimum atomic E-state index is 0.277. The van der Waals surface area contributed by atoms with Crippen molar-refractivity contribution in [3.63, 3.8) is 0 Å². The van der Waals surface area contributed by atoms with Crippen molar-refractivity contribution < 1.29 is 4.52 Å². The summed E-state index contributed by atoms with van der Waals surface area (Å²) in [5.41, 5.74) is 1.67. The average Bonchev–Trinajstić information content (AvgIpc) is 3.15. The standard InChI is InChI=1S/C13H9N5OS/c1-20-9-4-2-8(3-5-9)12-16-13(19-18-12)10-7-15-17-11(10)6-14/h2-5,7H,1H3,(H,15,17). The fourth-order valence-electron chi connectivity index (χ4n) is 1.72. The van der Waals surface area contributed by atoms with Gasteiger partial charge in [-0.25, -0.2) is 0 Å². The van der Waals surface area contributed by atoms with Crippen molar-refractivity contribution in [3.8, 4) is 28.9 Å². The minimum Gasteiger partial charge on any atom is -0.333 e. The molecule has 3 rings (SSSR count). The van der Waals surface area contributed by atoms with Crippen LogP contribution in [0.2, 0.25) is 0 Å². The molecule has 0 amide bonds. The van der Waals surface area contributed by atoms with Gasteiger partial charge in [0.25, 0.3) is 5.89 Å². The lowest BCUT2D eigenvalue weighted by atomic mass is 10.2. The molecule has 0 aliphatic carbocycles. The Hall–Kier alpha value is -2.59. The number of hydrogen-bond acceptors (Lipinski definition) is 6. The normalized spacial score (nSPS) is 10.4. The molecule has 2 heterocycles. The first-order chi connectivity index (χ1) is 9.81. The zero-order valence-electron chi connectivity index (χ0n) is 10.5. The van der Waals surface area contributed by atoms with Gasteiger partial charge in [0.2, 0.25) is 5.82 Å². The van der Waals surface area contributed by atoms with Crippen LogP contribution in [0.4, 0.5) is 0 Å². The predicted octanol–water partition coefficient (Wildman–Crippen LogP) is 2.72. The molecule has 6 nitrogen and oxygen atoms in total. The third-order valence-corrected chi connectivity index (χ3v) is 3.50. The molecule has 0 fully saturated rings. The van der Waals surface area contributed by atoms with Gasteiger partial charge in [-0.3, -0.25) is 5.10 Å². The van der Waals surface area contributed by atoms with Gasteiger partial charge in [0, 0.05) is 10.5 Å². The van der Waals surface area contributed by atoms with E-state index < -0.39 is 0 Å². The van der Waals surface area contributed by atoms with E-state index in [2.05, 4.69) is 20.3 Å². The molecule has 0 spiro atoms. The number of hydrogen-bond donors (Lipinski definition) is 1. The molecule has 0 bridgehead atoms. The lowest BCUT2D eigenvalue weighted by Crippen LogP contribution is -1.82. The molecule has 2 aromatic heterocycles. The summed E-state index contributed by atoms with van der Waals surface area (Å²) in [6.45, 7) is 0. The second-order valence-electron chi connectivity index (χ2n) is 3.92.